The number of carbonyl (C=O) groups is 1. The lowest BCUT2D eigenvalue weighted by Crippen LogP contribution is -2.37. The number of anilines is 1. The van der Waals surface area contributed by atoms with Crippen LogP contribution in [0.2, 0.25) is 0 Å². The van der Waals surface area contributed by atoms with Gasteiger partial charge in [0.15, 0.2) is 0 Å². The van der Waals surface area contributed by atoms with Gasteiger partial charge in [0.1, 0.15) is 5.82 Å². The van der Waals surface area contributed by atoms with Gasteiger partial charge in [0, 0.05) is 35.5 Å². The second-order valence-electron chi connectivity index (χ2n) is 7.02. The van der Waals surface area contributed by atoms with Gasteiger partial charge in [-0.05, 0) is 77.8 Å². The van der Waals surface area contributed by atoms with Crippen LogP contribution in [0, 0.1) is 5.92 Å². The third kappa shape index (κ3) is 4.66. The summed E-state index contributed by atoms with van der Waals surface area (Å²) in [4.78, 5) is 19.1. The molecule has 0 aliphatic carbocycles. The summed E-state index contributed by atoms with van der Waals surface area (Å²) in [5.41, 5.74) is 2.34. The Hall–Kier alpha value is -2.51. The zero-order valence-corrected chi connectivity index (χ0v) is 17.0. The first-order chi connectivity index (χ1) is 13.7. The summed E-state index contributed by atoms with van der Waals surface area (Å²) in [5, 5.41) is 7.18. The third-order valence-corrected chi connectivity index (χ3v) is 5.52. The molecule has 0 saturated carbocycles. The molecule has 3 heterocycles. The quantitative estimate of drug-likeness (QED) is 0.654. The fraction of sp³-hybridized carbons (Fsp3) is 0.286. The van der Waals surface area contributed by atoms with Crippen molar-refractivity contribution in [1.82, 2.24) is 19.7 Å². The van der Waals surface area contributed by atoms with Crippen molar-refractivity contribution in [1.29, 1.82) is 0 Å². The van der Waals surface area contributed by atoms with Gasteiger partial charge < -0.3 is 5.32 Å². The largest absolute Gasteiger partial charge is 0.310 e. The summed E-state index contributed by atoms with van der Waals surface area (Å²) in [6.07, 6.45) is 7.15. The number of likely N-dealkylation sites (tertiary alicyclic amines) is 1. The molecule has 1 fully saturated rings. The van der Waals surface area contributed by atoms with E-state index in [1.807, 2.05) is 29.1 Å². The number of nitrogens with one attached hydrogen (secondary N) is 1. The molecule has 0 unspecified atom stereocenters. The average Bonchev–Trinajstić information content (AvgIpc) is 3.26. The molecule has 1 aliphatic rings. The molecular formula is C21H22BrN5O. The van der Waals surface area contributed by atoms with Crippen LogP contribution in [-0.4, -0.2) is 38.7 Å². The molecule has 1 saturated heterocycles. The second-order valence-corrected chi connectivity index (χ2v) is 7.93. The maximum Gasteiger partial charge on any atom is 0.228 e. The lowest BCUT2D eigenvalue weighted by molar-refractivity contribution is -0.121. The second kappa shape index (κ2) is 8.67. The molecule has 144 valence electrons. The molecule has 1 amide bonds. The molecule has 1 aliphatic heterocycles. The number of hydrogen-bond acceptors (Lipinski definition) is 4. The summed E-state index contributed by atoms with van der Waals surface area (Å²) in [5.74, 6) is 0.717. The van der Waals surface area contributed by atoms with Crippen LogP contribution in [0.3, 0.4) is 0 Å². The zero-order valence-electron chi connectivity index (χ0n) is 15.5. The molecule has 28 heavy (non-hydrogen) atoms. The fourth-order valence-electron chi connectivity index (χ4n) is 3.47. The van der Waals surface area contributed by atoms with E-state index >= 15 is 0 Å². The first-order valence-corrected chi connectivity index (χ1v) is 10.2. The lowest BCUT2D eigenvalue weighted by atomic mass is 9.95. The lowest BCUT2D eigenvalue weighted by Gasteiger charge is -2.31. The Balaban J connectivity index is 1.27. The average molecular weight is 440 g/mol. The van der Waals surface area contributed by atoms with Gasteiger partial charge in [-0.25, -0.2) is 9.67 Å². The summed E-state index contributed by atoms with van der Waals surface area (Å²) < 4.78 is 2.75. The number of benzene rings is 1. The van der Waals surface area contributed by atoms with Gasteiger partial charge in [-0.15, -0.1) is 0 Å². The van der Waals surface area contributed by atoms with Crippen LogP contribution >= 0.6 is 15.9 Å². The van der Waals surface area contributed by atoms with E-state index in [4.69, 9.17) is 0 Å². The predicted octanol–water partition coefficient (Wildman–Crippen LogP) is 3.88. The van der Waals surface area contributed by atoms with E-state index in [9.17, 15) is 4.79 Å². The van der Waals surface area contributed by atoms with Gasteiger partial charge >= 0.3 is 0 Å². The number of aromatic nitrogens is 3. The van der Waals surface area contributed by atoms with E-state index < -0.39 is 0 Å². The van der Waals surface area contributed by atoms with Crippen molar-refractivity contribution in [2.24, 2.45) is 5.92 Å². The van der Waals surface area contributed by atoms with E-state index in [1.54, 1.807) is 12.4 Å². The molecule has 6 nitrogen and oxygen atoms in total. The smallest absolute Gasteiger partial charge is 0.228 e. The molecule has 1 N–H and O–H groups in total. The minimum Gasteiger partial charge on any atom is -0.310 e. The van der Waals surface area contributed by atoms with E-state index in [1.165, 1.54) is 5.56 Å². The van der Waals surface area contributed by atoms with Gasteiger partial charge in [0.25, 0.3) is 0 Å². The molecule has 4 rings (SSSR count). The minimum absolute atomic E-state index is 0.0453. The Labute approximate surface area is 172 Å². The van der Waals surface area contributed by atoms with Crippen molar-refractivity contribution in [3.63, 3.8) is 0 Å². The molecule has 7 heteroatoms. The van der Waals surface area contributed by atoms with Crippen LogP contribution in [0.5, 0.6) is 0 Å². The van der Waals surface area contributed by atoms with Crippen molar-refractivity contribution in [3.8, 4) is 5.69 Å². The molecule has 3 aromatic rings. The normalized spacial score (nSPS) is 15.5. The maximum atomic E-state index is 12.5. The summed E-state index contributed by atoms with van der Waals surface area (Å²) in [7, 11) is 0. The van der Waals surface area contributed by atoms with E-state index in [0.29, 0.717) is 5.82 Å². The predicted molar refractivity (Wildman–Crippen MR) is 112 cm³/mol. The zero-order chi connectivity index (χ0) is 19.3. The van der Waals surface area contributed by atoms with E-state index in [0.717, 1.165) is 42.6 Å². The van der Waals surface area contributed by atoms with Crippen LogP contribution in [0.1, 0.15) is 18.4 Å². The molecule has 0 spiro atoms. The fourth-order valence-corrected chi connectivity index (χ4v) is 3.70. The standard InChI is InChI=1S/C21H22BrN5O/c22-18-4-7-20(23-14-18)25-21(28)17-8-12-26(13-9-17)15-16-2-5-19(6-3-16)27-11-1-10-24-27/h1-7,10-11,14,17H,8-9,12-13,15H2,(H,23,25,28). The first kappa shape index (κ1) is 18.8. The molecule has 0 radical (unpaired) electrons. The Morgan fingerprint density at radius 1 is 1.14 bits per heavy atom. The number of piperidine rings is 1. The van der Waals surface area contributed by atoms with Gasteiger partial charge in [-0.2, -0.15) is 5.10 Å². The number of amides is 1. The molecule has 2 aromatic heterocycles. The van der Waals surface area contributed by atoms with Crippen molar-refractivity contribution in [2.75, 3.05) is 18.4 Å². The van der Waals surface area contributed by atoms with Crippen LogP contribution in [0.25, 0.3) is 5.69 Å². The van der Waals surface area contributed by atoms with Crippen molar-refractivity contribution in [3.05, 3.63) is 71.1 Å². The van der Waals surface area contributed by atoms with E-state index in [2.05, 4.69) is 60.5 Å². The highest BCUT2D eigenvalue weighted by Crippen LogP contribution is 2.21. The van der Waals surface area contributed by atoms with Crippen LogP contribution in [-0.2, 0) is 11.3 Å². The Morgan fingerprint density at radius 2 is 1.93 bits per heavy atom. The first-order valence-electron chi connectivity index (χ1n) is 9.41. The SMILES string of the molecule is O=C(Nc1ccc(Br)cn1)C1CCN(Cc2ccc(-n3cccn3)cc2)CC1. The monoisotopic (exact) mass is 439 g/mol. The number of nitrogens with zero attached hydrogens (tertiary/aromatic N) is 4. The summed E-state index contributed by atoms with van der Waals surface area (Å²) >= 11 is 3.35. The van der Waals surface area contributed by atoms with Crippen LogP contribution < -0.4 is 5.32 Å². The number of carbonyl (C=O) groups excluding carboxylic acids is 1. The van der Waals surface area contributed by atoms with E-state index in [-0.39, 0.29) is 11.8 Å². The minimum atomic E-state index is 0.0453. The highest BCUT2D eigenvalue weighted by molar-refractivity contribution is 9.10. The topological polar surface area (TPSA) is 63.1 Å². The number of hydrogen-bond donors (Lipinski definition) is 1. The molecule has 0 atom stereocenters. The molecule has 0 bridgehead atoms. The molecular weight excluding hydrogens is 418 g/mol. The summed E-state index contributed by atoms with van der Waals surface area (Å²) in [6, 6.07) is 14.1. The van der Waals surface area contributed by atoms with Crippen molar-refractivity contribution < 1.29 is 4.79 Å². The number of rotatable bonds is 5. The number of pyridine rings is 1. The Kier molecular flexibility index (Phi) is 5.83. The van der Waals surface area contributed by atoms with Crippen molar-refractivity contribution in [2.45, 2.75) is 19.4 Å². The van der Waals surface area contributed by atoms with Gasteiger partial charge in [0.2, 0.25) is 5.91 Å². The van der Waals surface area contributed by atoms with Crippen LogP contribution in [0.15, 0.2) is 65.5 Å². The molecule has 1 aromatic carbocycles. The maximum absolute atomic E-state index is 12.5. The van der Waals surface area contributed by atoms with Crippen molar-refractivity contribution >= 4 is 27.7 Å². The highest BCUT2D eigenvalue weighted by Gasteiger charge is 2.25. The van der Waals surface area contributed by atoms with Crippen LogP contribution in [0.4, 0.5) is 5.82 Å². The Morgan fingerprint density at radius 3 is 2.57 bits per heavy atom. The summed E-state index contributed by atoms with van der Waals surface area (Å²) in [6.45, 7) is 2.75. The van der Waals surface area contributed by atoms with Gasteiger partial charge in [-0.3, -0.25) is 9.69 Å². The Bertz CT molecular complexity index is 901. The van der Waals surface area contributed by atoms with Gasteiger partial charge in [-0.1, -0.05) is 12.1 Å². The number of halogens is 1. The highest BCUT2D eigenvalue weighted by atomic mass is 79.9. The third-order valence-electron chi connectivity index (χ3n) is 5.05. The van der Waals surface area contributed by atoms with Gasteiger partial charge in [0.05, 0.1) is 5.69 Å².